The van der Waals surface area contributed by atoms with Crippen LogP contribution in [-0.2, 0) is 27.9 Å². The van der Waals surface area contributed by atoms with Gasteiger partial charge in [0.25, 0.3) is 0 Å². The highest BCUT2D eigenvalue weighted by Gasteiger charge is 2.10. The molecular weight excluding hydrogens is 392 g/mol. The van der Waals surface area contributed by atoms with E-state index < -0.39 is 10.0 Å². The van der Waals surface area contributed by atoms with E-state index in [4.69, 9.17) is 9.15 Å². The maximum atomic E-state index is 12.1. The summed E-state index contributed by atoms with van der Waals surface area (Å²) in [6.07, 6.45) is 2.38. The lowest BCUT2D eigenvalue weighted by atomic mass is 10.2. The van der Waals surface area contributed by atoms with Crippen molar-refractivity contribution in [3.63, 3.8) is 0 Å². The first kappa shape index (κ1) is 22.9. The molecule has 0 saturated carbocycles. The summed E-state index contributed by atoms with van der Waals surface area (Å²) < 4.78 is 37.6. The number of aliphatic imine (C=N–C) groups is 1. The van der Waals surface area contributed by atoms with Crippen LogP contribution < -0.4 is 15.4 Å². The summed E-state index contributed by atoms with van der Waals surface area (Å²) in [5.41, 5.74) is 0.924. The van der Waals surface area contributed by atoms with Crippen LogP contribution in [0.4, 0.5) is 0 Å². The molecule has 0 aliphatic heterocycles. The zero-order valence-electron chi connectivity index (χ0n) is 16.8. The number of rotatable bonds is 13. The first-order valence-corrected chi connectivity index (χ1v) is 11.4. The van der Waals surface area contributed by atoms with Crippen LogP contribution in [0.2, 0.25) is 0 Å². The van der Waals surface area contributed by atoms with Crippen LogP contribution in [0.25, 0.3) is 0 Å². The largest absolute Gasteiger partial charge is 0.467 e. The normalized spacial score (nSPS) is 12.1. The Bertz CT molecular complexity index is 808. The van der Waals surface area contributed by atoms with Gasteiger partial charge in [-0.25, -0.2) is 13.1 Å². The Morgan fingerprint density at radius 1 is 1.14 bits per heavy atom. The lowest BCUT2D eigenvalue weighted by Crippen LogP contribution is -2.41. The molecule has 1 heterocycles. The fourth-order valence-corrected chi connectivity index (χ4v) is 3.33. The Kier molecular flexibility index (Phi) is 10.3. The van der Waals surface area contributed by atoms with Gasteiger partial charge in [0.2, 0.25) is 10.0 Å². The van der Waals surface area contributed by atoms with Crippen molar-refractivity contribution in [2.24, 2.45) is 4.99 Å². The van der Waals surface area contributed by atoms with E-state index in [2.05, 4.69) is 20.3 Å². The summed E-state index contributed by atoms with van der Waals surface area (Å²) >= 11 is 0. The number of nitrogens with zero attached hydrogens (tertiary/aromatic N) is 1. The van der Waals surface area contributed by atoms with Gasteiger partial charge in [-0.1, -0.05) is 30.3 Å². The Labute approximate surface area is 172 Å². The minimum absolute atomic E-state index is 0.0312. The van der Waals surface area contributed by atoms with Crippen molar-refractivity contribution in [2.75, 3.05) is 32.0 Å². The van der Waals surface area contributed by atoms with Crippen LogP contribution >= 0.6 is 0 Å². The van der Waals surface area contributed by atoms with Crippen LogP contribution in [0.1, 0.15) is 24.7 Å². The van der Waals surface area contributed by atoms with Crippen molar-refractivity contribution < 1.29 is 17.6 Å². The van der Waals surface area contributed by atoms with E-state index in [1.54, 1.807) is 6.26 Å². The Morgan fingerprint density at radius 3 is 2.69 bits per heavy atom. The van der Waals surface area contributed by atoms with Crippen LogP contribution in [0.5, 0.6) is 0 Å². The van der Waals surface area contributed by atoms with E-state index in [0.717, 1.165) is 17.7 Å². The van der Waals surface area contributed by atoms with Gasteiger partial charge in [0.1, 0.15) is 12.4 Å². The molecular formula is C20H30N4O4S. The van der Waals surface area contributed by atoms with Crippen molar-refractivity contribution in [1.82, 2.24) is 15.4 Å². The van der Waals surface area contributed by atoms with E-state index in [1.165, 1.54) is 0 Å². The van der Waals surface area contributed by atoms with Crippen LogP contribution in [-0.4, -0.2) is 46.4 Å². The zero-order valence-corrected chi connectivity index (χ0v) is 17.6. The molecule has 29 heavy (non-hydrogen) atoms. The van der Waals surface area contributed by atoms with Gasteiger partial charge in [-0.3, -0.25) is 4.99 Å². The highest BCUT2D eigenvalue weighted by atomic mass is 32.2. The third-order valence-electron chi connectivity index (χ3n) is 3.89. The monoisotopic (exact) mass is 422 g/mol. The van der Waals surface area contributed by atoms with E-state index >= 15 is 0 Å². The molecule has 160 valence electrons. The lowest BCUT2D eigenvalue weighted by molar-refractivity contribution is 0.105. The summed E-state index contributed by atoms with van der Waals surface area (Å²) in [6.45, 7) is 4.80. The van der Waals surface area contributed by atoms with Crippen LogP contribution in [0.3, 0.4) is 0 Å². The molecule has 1 aromatic carbocycles. The third kappa shape index (κ3) is 10.1. The van der Waals surface area contributed by atoms with Crippen molar-refractivity contribution in [1.29, 1.82) is 0 Å². The van der Waals surface area contributed by atoms with E-state index in [9.17, 15) is 8.42 Å². The third-order valence-corrected chi connectivity index (χ3v) is 5.21. The van der Waals surface area contributed by atoms with Crippen molar-refractivity contribution in [2.45, 2.75) is 26.5 Å². The van der Waals surface area contributed by atoms with E-state index in [1.807, 2.05) is 49.4 Å². The topological polar surface area (TPSA) is 105 Å². The van der Waals surface area contributed by atoms with Gasteiger partial charge in [-0.15, -0.1) is 0 Å². The van der Waals surface area contributed by atoms with Crippen LogP contribution in [0.15, 0.2) is 58.1 Å². The number of guanidine groups is 1. The Hall–Kier alpha value is -2.36. The summed E-state index contributed by atoms with van der Waals surface area (Å²) in [5.74, 6) is 1.36. The first-order valence-electron chi connectivity index (χ1n) is 9.72. The molecule has 3 N–H and O–H groups in total. The number of nitrogens with one attached hydrogen (secondary N) is 3. The second-order valence-electron chi connectivity index (χ2n) is 6.30. The van der Waals surface area contributed by atoms with Gasteiger partial charge in [0.05, 0.1) is 12.0 Å². The molecule has 2 aromatic rings. The number of furan rings is 1. The van der Waals surface area contributed by atoms with Gasteiger partial charge >= 0.3 is 0 Å². The van der Waals surface area contributed by atoms with Crippen LogP contribution in [0, 0.1) is 0 Å². The Morgan fingerprint density at radius 2 is 1.97 bits per heavy atom. The second kappa shape index (κ2) is 13.0. The number of hydrogen-bond acceptors (Lipinski definition) is 5. The molecule has 0 fully saturated rings. The molecule has 9 heteroatoms. The van der Waals surface area contributed by atoms with Gasteiger partial charge in [-0.2, -0.15) is 0 Å². The molecule has 0 saturated heterocycles. The fourth-order valence-electron chi connectivity index (χ4n) is 2.43. The number of hydrogen-bond donors (Lipinski definition) is 3. The molecule has 0 unspecified atom stereocenters. The number of ether oxygens (including phenoxy) is 1. The van der Waals surface area contributed by atoms with Gasteiger partial charge in [0, 0.05) is 32.8 Å². The standard InChI is InChI=1S/C20H30N4O4S/c1-2-21-20(22-11-7-13-27-17-19-10-6-14-28-19)23-12-15-29(25,26)24-16-18-8-4-3-5-9-18/h3-6,8-10,14,24H,2,7,11-13,15-17H2,1H3,(H2,21,22,23). The second-order valence-corrected chi connectivity index (χ2v) is 8.22. The fraction of sp³-hybridized carbons (Fsp3) is 0.450. The molecule has 0 atom stereocenters. The van der Waals surface area contributed by atoms with E-state index in [-0.39, 0.29) is 18.8 Å². The first-order chi connectivity index (χ1) is 14.1. The average molecular weight is 423 g/mol. The molecule has 2 rings (SSSR count). The molecule has 1 aromatic heterocycles. The molecule has 0 bridgehead atoms. The predicted octanol–water partition coefficient (Wildman–Crippen LogP) is 1.86. The molecule has 0 radical (unpaired) electrons. The van der Waals surface area contributed by atoms with Crippen molar-refractivity contribution in [3.05, 3.63) is 60.1 Å². The quantitative estimate of drug-likeness (QED) is 0.259. The highest BCUT2D eigenvalue weighted by molar-refractivity contribution is 7.89. The summed E-state index contributed by atoms with van der Waals surface area (Å²) in [4.78, 5) is 4.44. The molecule has 0 spiro atoms. The Balaban J connectivity index is 1.64. The SMILES string of the molecule is CCNC(=NCCCOCc1ccco1)NCCS(=O)(=O)NCc1ccccc1. The predicted molar refractivity (Wildman–Crippen MR) is 114 cm³/mol. The van der Waals surface area contributed by atoms with E-state index in [0.29, 0.717) is 32.3 Å². The zero-order chi connectivity index (χ0) is 20.8. The molecule has 8 nitrogen and oxygen atoms in total. The average Bonchev–Trinajstić information content (AvgIpc) is 3.23. The smallest absolute Gasteiger partial charge is 0.213 e. The van der Waals surface area contributed by atoms with Crippen molar-refractivity contribution in [3.8, 4) is 0 Å². The van der Waals surface area contributed by atoms with Gasteiger partial charge in [-0.05, 0) is 31.0 Å². The maximum absolute atomic E-state index is 12.1. The van der Waals surface area contributed by atoms with Gasteiger partial charge < -0.3 is 19.8 Å². The minimum atomic E-state index is -3.37. The highest BCUT2D eigenvalue weighted by Crippen LogP contribution is 2.02. The van der Waals surface area contributed by atoms with Crippen molar-refractivity contribution >= 4 is 16.0 Å². The lowest BCUT2D eigenvalue weighted by Gasteiger charge is -2.12. The molecule has 0 aliphatic carbocycles. The maximum Gasteiger partial charge on any atom is 0.213 e. The summed E-state index contributed by atoms with van der Waals surface area (Å²) in [5, 5.41) is 6.16. The summed E-state index contributed by atoms with van der Waals surface area (Å²) in [6, 6.07) is 13.1. The molecule has 0 aliphatic rings. The molecule has 0 amide bonds. The minimum Gasteiger partial charge on any atom is -0.467 e. The number of sulfonamides is 1. The van der Waals surface area contributed by atoms with Gasteiger partial charge in [0.15, 0.2) is 5.96 Å². The number of benzene rings is 1. The summed E-state index contributed by atoms with van der Waals surface area (Å²) in [7, 11) is -3.37.